The second kappa shape index (κ2) is 8.29. The first-order valence-corrected chi connectivity index (χ1v) is 22.7. The van der Waals surface area contributed by atoms with E-state index in [1.54, 1.807) is 4.40 Å². The minimum atomic E-state index is -2.59. The van der Waals surface area contributed by atoms with Crippen LogP contribution in [-0.4, -0.2) is 26.3 Å². The molecule has 0 bridgehead atoms. The molecule has 0 saturated heterocycles. The molecule has 5 aromatic rings. The first kappa shape index (κ1) is 23.4. The van der Waals surface area contributed by atoms with E-state index in [1.807, 2.05) is 6.20 Å². The number of benzene rings is 4. The van der Waals surface area contributed by atoms with Crippen LogP contribution in [0.15, 0.2) is 91.1 Å². The Hall–Kier alpha value is -2.95. The van der Waals surface area contributed by atoms with Crippen molar-refractivity contribution in [3.63, 3.8) is 0 Å². The fourth-order valence-electron chi connectivity index (χ4n) is 5.95. The summed E-state index contributed by atoms with van der Waals surface area (Å²) in [6, 6.07) is 32.1. The van der Waals surface area contributed by atoms with E-state index in [-0.39, 0.29) is 0 Å². The van der Waals surface area contributed by atoms with Crippen molar-refractivity contribution < 1.29 is 0 Å². The van der Waals surface area contributed by atoms with Crippen molar-refractivity contribution >= 4 is 46.1 Å². The number of pyridine rings is 1. The van der Waals surface area contributed by atoms with Crippen molar-refractivity contribution in [1.82, 2.24) is 4.98 Å². The number of hydrogen-bond acceptors (Lipinski definition) is 1. The summed E-state index contributed by atoms with van der Waals surface area (Å²) in [5.74, 6) is 5.09. The van der Waals surface area contributed by atoms with E-state index < -0.39 is 21.3 Å². The van der Waals surface area contributed by atoms with Gasteiger partial charge in [0.15, 0.2) is 0 Å². The molecule has 4 aromatic carbocycles. The van der Waals surface area contributed by atoms with Gasteiger partial charge in [0.2, 0.25) is 0 Å². The number of rotatable bonds is 3. The second-order valence-electron chi connectivity index (χ2n) is 11.8. The Kier molecular flexibility index (Phi) is 5.40. The number of fused-ring (bicyclic) bond motifs is 4. The zero-order valence-corrected chi connectivity index (χ0v) is 25.2. The molecular formula is C33H33GeNSi. The second-order valence-corrected chi connectivity index (χ2v) is 25.9. The molecule has 1 aliphatic rings. The van der Waals surface area contributed by atoms with Gasteiger partial charge in [-0.2, -0.15) is 0 Å². The fraction of sp³-hybridized carbons (Fsp3) is 0.182. The topological polar surface area (TPSA) is 12.9 Å². The van der Waals surface area contributed by atoms with Gasteiger partial charge < -0.3 is 0 Å². The van der Waals surface area contributed by atoms with E-state index in [1.165, 1.54) is 59.4 Å². The molecule has 0 fully saturated rings. The molecule has 36 heavy (non-hydrogen) atoms. The molecule has 0 radical (unpaired) electrons. The monoisotopic (exact) mass is 545 g/mol. The van der Waals surface area contributed by atoms with Gasteiger partial charge in [-0.1, -0.05) is 0 Å². The molecule has 0 amide bonds. The zero-order valence-electron chi connectivity index (χ0n) is 22.1. The predicted molar refractivity (Wildman–Crippen MR) is 163 cm³/mol. The first-order valence-electron chi connectivity index (χ1n) is 12.9. The van der Waals surface area contributed by atoms with Crippen LogP contribution < -0.4 is 14.0 Å². The Morgan fingerprint density at radius 1 is 0.694 bits per heavy atom. The van der Waals surface area contributed by atoms with Crippen LogP contribution in [0.2, 0.25) is 31.2 Å². The van der Waals surface area contributed by atoms with E-state index in [2.05, 4.69) is 123 Å². The molecule has 0 N–H and O–H groups in total. The molecule has 1 aromatic heterocycles. The van der Waals surface area contributed by atoms with Gasteiger partial charge in [0, 0.05) is 0 Å². The Morgan fingerprint density at radius 2 is 1.42 bits per heavy atom. The molecule has 0 spiro atoms. The molecule has 6 rings (SSSR count). The van der Waals surface area contributed by atoms with Gasteiger partial charge in [0.05, 0.1) is 0 Å². The summed E-state index contributed by atoms with van der Waals surface area (Å²) in [5.41, 5.74) is 9.20. The van der Waals surface area contributed by atoms with Crippen molar-refractivity contribution in [1.29, 1.82) is 0 Å². The summed E-state index contributed by atoms with van der Waals surface area (Å²) in [7, 11) is -1.30. The summed E-state index contributed by atoms with van der Waals surface area (Å²) in [6.07, 6.45) is 2.01. The van der Waals surface area contributed by atoms with E-state index in [0.29, 0.717) is 0 Å². The Labute approximate surface area is 218 Å². The van der Waals surface area contributed by atoms with Crippen LogP contribution in [0.25, 0.3) is 44.3 Å². The first-order chi connectivity index (χ1) is 17.1. The number of aromatic nitrogens is 1. The molecular weight excluding hydrogens is 511 g/mol. The van der Waals surface area contributed by atoms with E-state index in [9.17, 15) is 0 Å². The van der Waals surface area contributed by atoms with Gasteiger partial charge in [-0.25, -0.2) is 0 Å². The van der Waals surface area contributed by atoms with E-state index >= 15 is 0 Å². The van der Waals surface area contributed by atoms with E-state index in [4.69, 9.17) is 4.98 Å². The van der Waals surface area contributed by atoms with Crippen LogP contribution in [0, 0.1) is 6.92 Å². The molecule has 0 saturated carbocycles. The number of nitrogens with zero attached hydrogens (tertiary/aromatic N) is 1. The molecule has 1 aliphatic heterocycles. The Morgan fingerprint density at radius 3 is 2.17 bits per heavy atom. The standard InChI is InChI=1S/C33H33GeNSi/c1-22-19-26(20-25-9-7-8-10-28(22)25)33-32-30(17-18-35-33)29-16-13-24(21-31(29)34(32,2)3)23-11-14-27(15-12-23)36(4,5)6/h7-21H,1-6H3. The van der Waals surface area contributed by atoms with Gasteiger partial charge in [0.1, 0.15) is 0 Å². The van der Waals surface area contributed by atoms with Gasteiger partial charge in [-0.15, -0.1) is 0 Å². The average molecular weight is 544 g/mol. The molecule has 2 heterocycles. The Bertz CT molecular complexity index is 1640. The molecule has 0 atom stereocenters. The third-order valence-corrected chi connectivity index (χ3v) is 17.4. The zero-order chi connectivity index (χ0) is 25.2. The van der Waals surface area contributed by atoms with Gasteiger partial charge in [-0.3, -0.25) is 0 Å². The van der Waals surface area contributed by atoms with Crippen LogP contribution in [0.3, 0.4) is 0 Å². The molecule has 0 aliphatic carbocycles. The van der Waals surface area contributed by atoms with Gasteiger partial charge in [-0.05, 0) is 0 Å². The summed E-state index contributed by atoms with van der Waals surface area (Å²) in [5, 5.41) is 4.12. The minimum absolute atomic E-state index is 1.18. The van der Waals surface area contributed by atoms with Crippen molar-refractivity contribution in [3.8, 4) is 33.5 Å². The third-order valence-electron chi connectivity index (χ3n) is 7.99. The van der Waals surface area contributed by atoms with Crippen molar-refractivity contribution in [2.24, 2.45) is 0 Å². The summed E-state index contributed by atoms with van der Waals surface area (Å²) in [6.45, 7) is 9.45. The Balaban J connectivity index is 1.48. The van der Waals surface area contributed by atoms with Crippen LogP contribution in [-0.2, 0) is 0 Å². The SMILES string of the molecule is Cc1cc(-c2nccc3[c]2[Ge]([CH3])([CH3])[c]2cc(-c4ccc([Si](C)(C)C)cc4)ccc2-3)cc2ccccc12. The number of aryl methyl sites for hydroxylation is 1. The van der Waals surface area contributed by atoms with Gasteiger partial charge in [0.25, 0.3) is 0 Å². The van der Waals surface area contributed by atoms with Crippen molar-refractivity contribution in [3.05, 3.63) is 96.7 Å². The summed E-state index contributed by atoms with van der Waals surface area (Å²) in [4.78, 5) is 5.01. The fourth-order valence-corrected chi connectivity index (χ4v) is 14.2. The molecule has 178 valence electrons. The number of hydrogen-bond donors (Lipinski definition) is 0. The molecule has 0 unspecified atom stereocenters. The predicted octanol–water partition coefficient (Wildman–Crippen LogP) is 7.23. The normalized spacial score (nSPS) is 14.1. The third kappa shape index (κ3) is 3.70. The summed E-state index contributed by atoms with van der Waals surface area (Å²) < 4.78 is 3.09. The maximum absolute atomic E-state index is 5.01. The van der Waals surface area contributed by atoms with Crippen LogP contribution in [0.4, 0.5) is 0 Å². The van der Waals surface area contributed by atoms with Gasteiger partial charge >= 0.3 is 219 Å². The molecule has 3 heteroatoms. The maximum atomic E-state index is 5.01. The van der Waals surface area contributed by atoms with Crippen LogP contribution >= 0.6 is 0 Å². The van der Waals surface area contributed by atoms with Crippen molar-refractivity contribution in [2.45, 2.75) is 38.1 Å². The van der Waals surface area contributed by atoms with Crippen molar-refractivity contribution in [2.75, 3.05) is 0 Å². The van der Waals surface area contributed by atoms with E-state index in [0.717, 1.165) is 0 Å². The quantitative estimate of drug-likeness (QED) is 0.219. The average Bonchev–Trinajstić information content (AvgIpc) is 3.10. The van der Waals surface area contributed by atoms with Crippen LogP contribution in [0.5, 0.6) is 0 Å². The summed E-state index contributed by atoms with van der Waals surface area (Å²) >= 11 is -2.59. The van der Waals surface area contributed by atoms with Crippen LogP contribution in [0.1, 0.15) is 5.56 Å². The molecule has 1 nitrogen and oxygen atoms in total.